The lowest BCUT2D eigenvalue weighted by molar-refractivity contribution is -0.133. The highest BCUT2D eigenvalue weighted by Gasteiger charge is 2.32. The van der Waals surface area contributed by atoms with Gasteiger partial charge in [-0.3, -0.25) is 14.5 Å². The quantitative estimate of drug-likeness (QED) is 0.804. The molecular formula is C20H24N4O4. The molecular weight excluding hydrogens is 360 g/mol. The lowest BCUT2D eigenvalue weighted by atomic mass is 9.98. The molecule has 8 nitrogen and oxygen atoms in total. The molecule has 1 atom stereocenters. The van der Waals surface area contributed by atoms with Crippen LogP contribution < -0.4 is 9.64 Å². The van der Waals surface area contributed by atoms with E-state index in [9.17, 15) is 9.59 Å². The first-order chi connectivity index (χ1) is 13.5. The molecule has 2 amide bonds. The lowest BCUT2D eigenvalue weighted by Gasteiger charge is -2.34. The summed E-state index contributed by atoms with van der Waals surface area (Å²) in [6.07, 6.45) is 1.77. The maximum absolute atomic E-state index is 12.9. The Bertz CT molecular complexity index is 879. The minimum atomic E-state index is -0.209. The third-order valence-electron chi connectivity index (χ3n) is 5.20. The summed E-state index contributed by atoms with van der Waals surface area (Å²) in [7, 11) is 0. The SMILES string of the molecule is CC(C)c1noc(C2CCCN(C(=O)CN3C(=O)COc4ccccc43)C2)n1. The van der Waals surface area contributed by atoms with Crippen LogP contribution in [0.15, 0.2) is 28.8 Å². The Morgan fingerprint density at radius 1 is 1.32 bits per heavy atom. The molecule has 28 heavy (non-hydrogen) atoms. The number of benzene rings is 1. The second-order valence-corrected chi connectivity index (χ2v) is 7.56. The molecule has 1 unspecified atom stereocenters. The van der Waals surface area contributed by atoms with Gasteiger partial charge in [-0.2, -0.15) is 4.98 Å². The second-order valence-electron chi connectivity index (χ2n) is 7.56. The van der Waals surface area contributed by atoms with Gasteiger partial charge in [0.15, 0.2) is 12.4 Å². The summed E-state index contributed by atoms with van der Waals surface area (Å²) in [4.78, 5) is 33.0. The van der Waals surface area contributed by atoms with E-state index in [-0.39, 0.29) is 36.8 Å². The fourth-order valence-electron chi connectivity index (χ4n) is 3.62. The lowest BCUT2D eigenvalue weighted by Crippen LogP contribution is -2.48. The van der Waals surface area contributed by atoms with E-state index in [4.69, 9.17) is 9.26 Å². The van der Waals surface area contributed by atoms with Crippen molar-refractivity contribution >= 4 is 17.5 Å². The average Bonchev–Trinajstić information content (AvgIpc) is 3.21. The van der Waals surface area contributed by atoms with E-state index in [0.717, 1.165) is 12.8 Å². The number of fused-ring (bicyclic) bond motifs is 1. The van der Waals surface area contributed by atoms with Crippen molar-refractivity contribution in [3.8, 4) is 5.75 Å². The average molecular weight is 384 g/mol. The first-order valence-electron chi connectivity index (χ1n) is 9.66. The van der Waals surface area contributed by atoms with Gasteiger partial charge in [-0.1, -0.05) is 31.1 Å². The number of hydrogen-bond acceptors (Lipinski definition) is 6. The number of rotatable bonds is 4. The number of likely N-dealkylation sites (tertiary alicyclic amines) is 1. The Balaban J connectivity index is 1.45. The molecule has 1 aromatic heterocycles. The van der Waals surface area contributed by atoms with Crippen molar-refractivity contribution in [2.24, 2.45) is 0 Å². The summed E-state index contributed by atoms with van der Waals surface area (Å²) in [5, 5.41) is 4.03. The Kier molecular flexibility index (Phi) is 5.02. The van der Waals surface area contributed by atoms with Crippen LogP contribution >= 0.6 is 0 Å². The van der Waals surface area contributed by atoms with Gasteiger partial charge < -0.3 is 14.2 Å². The number of para-hydroxylation sites is 2. The number of nitrogens with zero attached hydrogens (tertiary/aromatic N) is 4. The van der Waals surface area contributed by atoms with E-state index >= 15 is 0 Å². The molecule has 1 saturated heterocycles. The number of hydrogen-bond donors (Lipinski definition) is 0. The minimum Gasteiger partial charge on any atom is -0.482 e. The predicted octanol–water partition coefficient (Wildman–Crippen LogP) is 2.32. The molecule has 3 heterocycles. The highest BCUT2D eigenvalue weighted by molar-refractivity contribution is 6.02. The van der Waals surface area contributed by atoms with Gasteiger partial charge in [0.1, 0.15) is 12.3 Å². The first kappa shape index (κ1) is 18.5. The van der Waals surface area contributed by atoms with Gasteiger partial charge in [0, 0.05) is 19.0 Å². The Morgan fingerprint density at radius 3 is 2.93 bits per heavy atom. The molecule has 0 bridgehead atoms. The molecule has 2 aromatic rings. The van der Waals surface area contributed by atoms with Crippen LogP contribution in [0.4, 0.5) is 5.69 Å². The van der Waals surface area contributed by atoms with Crippen LogP contribution in [-0.4, -0.2) is 53.1 Å². The van der Waals surface area contributed by atoms with Gasteiger partial charge in [0.2, 0.25) is 11.8 Å². The molecule has 0 N–H and O–H groups in total. The number of carbonyl (C=O) groups is 2. The number of piperidine rings is 1. The summed E-state index contributed by atoms with van der Waals surface area (Å²) >= 11 is 0. The van der Waals surface area contributed by atoms with Crippen molar-refractivity contribution in [1.29, 1.82) is 0 Å². The first-order valence-corrected chi connectivity index (χ1v) is 9.66. The summed E-state index contributed by atoms with van der Waals surface area (Å²) in [6, 6.07) is 7.28. The summed E-state index contributed by atoms with van der Waals surface area (Å²) in [5.74, 6) is 1.84. The third kappa shape index (κ3) is 3.58. The van der Waals surface area contributed by atoms with E-state index in [2.05, 4.69) is 10.1 Å². The van der Waals surface area contributed by atoms with Crippen LogP contribution in [0.3, 0.4) is 0 Å². The van der Waals surface area contributed by atoms with E-state index in [0.29, 0.717) is 36.2 Å². The summed E-state index contributed by atoms with van der Waals surface area (Å²) < 4.78 is 10.9. The number of anilines is 1. The molecule has 1 fully saturated rings. The molecule has 8 heteroatoms. The fraction of sp³-hybridized carbons (Fsp3) is 0.500. The molecule has 0 spiro atoms. The standard InChI is InChI=1S/C20H24N4O4/c1-13(2)19-21-20(28-22-19)14-6-5-9-23(10-14)17(25)11-24-15-7-3-4-8-16(15)27-12-18(24)26/h3-4,7-8,13-14H,5-6,9-12H2,1-2H3. The van der Waals surface area contributed by atoms with E-state index < -0.39 is 0 Å². The van der Waals surface area contributed by atoms with Crippen molar-refractivity contribution in [2.45, 2.75) is 38.5 Å². The number of amides is 2. The normalized spacial score (nSPS) is 19.5. The zero-order valence-corrected chi connectivity index (χ0v) is 16.1. The summed E-state index contributed by atoms with van der Waals surface area (Å²) in [6.45, 7) is 5.18. The van der Waals surface area contributed by atoms with Gasteiger partial charge in [0.25, 0.3) is 5.91 Å². The highest BCUT2D eigenvalue weighted by atomic mass is 16.5. The molecule has 2 aliphatic rings. The van der Waals surface area contributed by atoms with Crippen molar-refractivity contribution in [3.05, 3.63) is 36.0 Å². The fourth-order valence-corrected chi connectivity index (χ4v) is 3.62. The van der Waals surface area contributed by atoms with Crippen LogP contribution in [-0.2, 0) is 9.59 Å². The smallest absolute Gasteiger partial charge is 0.265 e. The molecule has 4 rings (SSSR count). The van der Waals surface area contributed by atoms with Crippen molar-refractivity contribution in [3.63, 3.8) is 0 Å². The number of ether oxygens (including phenoxy) is 1. The maximum Gasteiger partial charge on any atom is 0.265 e. The van der Waals surface area contributed by atoms with E-state index in [1.165, 1.54) is 4.90 Å². The van der Waals surface area contributed by atoms with Crippen molar-refractivity contribution in [2.75, 3.05) is 31.1 Å². The Hall–Kier alpha value is -2.90. The highest BCUT2D eigenvalue weighted by Crippen LogP contribution is 2.32. The molecule has 2 aliphatic heterocycles. The zero-order valence-electron chi connectivity index (χ0n) is 16.1. The van der Waals surface area contributed by atoms with Gasteiger partial charge in [-0.05, 0) is 25.0 Å². The predicted molar refractivity (Wildman–Crippen MR) is 101 cm³/mol. The number of carbonyl (C=O) groups excluding carboxylic acids is 2. The largest absolute Gasteiger partial charge is 0.482 e. The molecule has 0 radical (unpaired) electrons. The van der Waals surface area contributed by atoms with Crippen LogP contribution in [0.1, 0.15) is 50.2 Å². The van der Waals surface area contributed by atoms with Gasteiger partial charge in [-0.15, -0.1) is 0 Å². The molecule has 0 aliphatic carbocycles. The van der Waals surface area contributed by atoms with Crippen LogP contribution in [0.2, 0.25) is 0 Å². The zero-order chi connectivity index (χ0) is 19.7. The van der Waals surface area contributed by atoms with Crippen molar-refractivity contribution in [1.82, 2.24) is 15.0 Å². The van der Waals surface area contributed by atoms with Crippen molar-refractivity contribution < 1.29 is 18.8 Å². The molecule has 1 aromatic carbocycles. The van der Waals surface area contributed by atoms with Gasteiger partial charge in [-0.25, -0.2) is 0 Å². The monoisotopic (exact) mass is 384 g/mol. The minimum absolute atomic E-state index is 0.00695. The molecule has 0 saturated carbocycles. The van der Waals surface area contributed by atoms with E-state index in [1.807, 2.05) is 26.0 Å². The van der Waals surface area contributed by atoms with Crippen LogP contribution in [0.25, 0.3) is 0 Å². The second kappa shape index (κ2) is 7.61. The third-order valence-corrected chi connectivity index (χ3v) is 5.20. The molecule has 148 valence electrons. The maximum atomic E-state index is 12.9. The Labute approximate surface area is 163 Å². The summed E-state index contributed by atoms with van der Waals surface area (Å²) in [5.41, 5.74) is 0.638. The van der Waals surface area contributed by atoms with Crippen LogP contribution in [0.5, 0.6) is 5.75 Å². The van der Waals surface area contributed by atoms with Crippen LogP contribution in [0, 0.1) is 0 Å². The van der Waals surface area contributed by atoms with E-state index in [1.54, 1.807) is 17.0 Å². The van der Waals surface area contributed by atoms with Gasteiger partial charge >= 0.3 is 0 Å². The Morgan fingerprint density at radius 2 is 2.14 bits per heavy atom. The topological polar surface area (TPSA) is 88.8 Å². The van der Waals surface area contributed by atoms with Gasteiger partial charge in [0.05, 0.1) is 11.6 Å². The number of aromatic nitrogens is 2.